The van der Waals surface area contributed by atoms with Crippen LogP contribution in [0.2, 0.25) is 0 Å². The molecule has 2 aromatic rings. The van der Waals surface area contributed by atoms with Gasteiger partial charge in [-0.05, 0) is 46.4 Å². The predicted octanol–water partition coefficient (Wildman–Crippen LogP) is 2.90. The highest BCUT2D eigenvalue weighted by Crippen LogP contribution is 2.22. The summed E-state index contributed by atoms with van der Waals surface area (Å²) < 4.78 is 6.24. The summed E-state index contributed by atoms with van der Waals surface area (Å²) in [4.78, 5) is 13.0. The minimum Gasteiger partial charge on any atom is -0.467 e. The molecule has 0 saturated carbocycles. The third-order valence-corrected chi connectivity index (χ3v) is 4.60. The fourth-order valence-electron chi connectivity index (χ4n) is 1.53. The Kier molecular flexibility index (Phi) is 5.18. The van der Waals surface area contributed by atoms with E-state index in [-0.39, 0.29) is 11.9 Å². The monoisotopic (exact) mass is 342 g/mol. The first-order valence-corrected chi connectivity index (χ1v) is 7.59. The van der Waals surface area contributed by atoms with E-state index < -0.39 is 0 Å². The van der Waals surface area contributed by atoms with E-state index in [9.17, 15) is 4.79 Å². The maximum atomic E-state index is 11.9. The van der Waals surface area contributed by atoms with Crippen molar-refractivity contribution in [3.63, 3.8) is 0 Å². The Hall–Kier alpha value is -1.11. The van der Waals surface area contributed by atoms with Crippen LogP contribution in [0.4, 0.5) is 0 Å². The van der Waals surface area contributed by atoms with E-state index in [1.54, 1.807) is 23.7 Å². The Morgan fingerprint density at radius 3 is 2.95 bits per heavy atom. The molecule has 102 valence electrons. The van der Waals surface area contributed by atoms with Gasteiger partial charge < -0.3 is 15.1 Å². The van der Waals surface area contributed by atoms with Crippen LogP contribution < -0.4 is 10.6 Å². The number of carbonyl (C=O) groups is 1. The number of thiophene rings is 1. The first-order chi connectivity index (χ1) is 9.16. The molecule has 0 saturated heterocycles. The number of halogens is 1. The van der Waals surface area contributed by atoms with Crippen molar-refractivity contribution in [1.82, 2.24) is 10.6 Å². The normalized spacial score (nSPS) is 12.3. The maximum Gasteiger partial charge on any atom is 0.237 e. The first kappa shape index (κ1) is 14.3. The summed E-state index contributed by atoms with van der Waals surface area (Å²) in [7, 11) is 0. The lowest BCUT2D eigenvalue weighted by Crippen LogP contribution is -2.41. The molecule has 0 aromatic carbocycles. The third-order valence-electron chi connectivity index (χ3n) is 2.67. The standard InChI is InChI=1S/C13H15BrN2O2S/c1-9(15-8-12-11(14)4-6-19-12)13(17)16-7-10-3-2-5-18-10/h2-6,9,15H,7-8H2,1H3,(H,16,17). The number of hydrogen-bond acceptors (Lipinski definition) is 4. The van der Waals surface area contributed by atoms with E-state index in [4.69, 9.17) is 4.42 Å². The summed E-state index contributed by atoms with van der Waals surface area (Å²) in [5.74, 6) is 0.714. The smallest absolute Gasteiger partial charge is 0.237 e. The van der Waals surface area contributed by atoms with Crippen LogP contribution in [0.15, 0.2) is 38.7 Å². The van der Waals surface area contributed by atoms with Crippen molar-refractivity contribution < 1.29 is 9.21 Å². The van der Waals surface area contributed by atoms with Gasteiger partial charge in [0.25, 0.3) is 0 Å². The van der Waals surface area contributed by atoms with Gasteiger partial charge in [0.15, 0.2) is 0 Å². The van der Waals surface area contributed by atoms with Crippen LogP contribution >= 0.6 is 27.3 Å². The fraction of sp³-hybridized carbons (Fsp3) is 0.308. The van der Waals surface area contributed by atoms with Crippen LogP contribution in [0.3, 0.4) is 0 Å². The summed E-state index contributed by atoms with van der Waals surface area (Å²) in [5.41, 5.74) is 0. The maximum absolute atomic E-state index is 11.9. The Morgan fingerprint density at radius 2 is 2.32 bits per heavy atom. The van der Waals surface area contributed by atoms with E-state index in [0.29, 0.717) is 13.1 Å². The van der Waals surface area contributed by atoms with Gasteiger partial charge >= 0.3 is 0 Å². The highest BCUT2D eigenvalue weighted by atomic mass is 79.9. The molecule has 0 aliphatic rings. The van der Waals surface area contributed by atoms with E-state index in [1.165, 1.54) is 4.88 Å². The molecule has 0 spiro atoms. The lowest BCUT2D eigenvalue weighted by molar-refractivity contribution is -0.123. The molecule has 1 atom stereocenters. The summed E-state index contributed by atoms with van der Waals surface area (Å²) >= 11 is 5.13. The second-order valence-electron chi connectivity index (χ2n) is 4.09. The molecule has 0 aliphatic heterocycles. The Balaban J connectivity index is 1.75. The topological polar surface area (TPSA) is 54.3 Å². The molecule has 2 N–H and O–H groups in total. The number of furan rings is 1. The van der Waals surface area contributed by atoms with Crippen molar-refractivity contribution >= 4 is 33.2 Å². The summed E-state index contributed by atoms with van der Waals surface area (Å²) in [6, 6.07) is 5.39. The van der Waals surface area contributed by atoms with Gasteiger partial charge in [0.1, 0.15) is 5.76 Å². The van der Waals surface area contributed by atoms with E-state index in [2.05, 4.69) is 26.6 Å². The second-order valence-corrected chi connectivity index (χ2v) is 5.95. The van der Waals surface area contributed by atoms with Crippen molar-refractivity contribution in [3.05, 3.63) is 45.0 Å². The molecule has 2 aromatic heterocycles. The largest absolute Gasteiger partial charge is 0.467 e. The van der Waals surface area contributed by atoms with Gasteiger partial charge in [-0.25, -0.2) is 0 Å². The van der Waals surface area contributed by atoms with Gasteiger partial charge in [-0.2, -0.15) is 0 Å². The van der Waals surface area contributed by atoms with Gasteiger partial charge in [-0.15, -0.1) is 11.3 Å². The molecule has 0 radical (unpaired) electrons. The lowest BCUT2D eigenvalue weighted by Gasteiger charge is -2.13. The molecule has 19 heavy (non-hydrogen) atoms. The Morgan fingerprint density at radius 1 is 1.47 bits per heavy atom. The van der Waals surface area contributed by atoms with Crippen LogP contribution in [0.25, 0.3) is 0 Å². The molecule has 1 amide bonds. The van der Waals surface area contributed by atoms with Gasteiger partial charge in [0.2, 0.25) is 5.91 Å². The molecule has 2 rings (SSSR count). The molecule has 0 fully saturated rings. The highest BCUT2D eigenvalue weighted by Gasteiger charge is 2.13. The zero-order valence-corrected chi connectivity index (χ0v) is 12.9. The van der Waals surface area contributed by atoms with Gasteiger partial charge in [0.05, 0.1) is 18.8 Å². The minimum atomic E-state index is -0.246. The second kappa shape index (κ2) is 6.88. The summed E-state index contributed by atoms with van der Waals surface area (Å²) in [6.45, 7) is 2.94. The predicted molar refractivity (Wildman–Crippen MR) is 78.9 cm³/mol. The number of rotatable bonds is 6. The zero-order chi connectivity index (χ0) is 13.7. The summed E-state index contributed by atoms with van der Waals surface area (Å²) in [5, 5.41) is 8.04. The molecule has 0 bridgehead atoms. The molecular weight excluding hydrogens is 328 g/mol. The number of hydrogen-bond donors (Lipinski definition) is 2. The van der Waals surface area contributed by atoms with Crippen molar-refractivity contribution in [2.24, 2.45) is 0 Å². The Bertz CT molecular complexity index is 524. The number of amides is 1. The Labute approximate surface area is 124 Å². The minimum absolute atomic E-state index is 0.0379. The van der Waals surface area contributed by atoms with Crippen LogP contribution in [-0.4, -0.2) is 11.9 Å². The van der Waals surface area contributed by atoms with Crippen LogP contribution in [0.1, 0.15) is 17.6 Å². The lowest BCUT2D eigenvalue weighted by atomic mass is 10.3. The highest BCUT2D eigenvalue weighted by molar-refractivity contribution is 9.10. The molecule has 4 nitrogen and oxygen atoms in total. The third kappa shape index (κ3) is 4.19. The van der Waals surface area contributed by atoms with Crippen molar-refractivity contribution in [2.75, 3.05) is 0 Å². The SMILES string of the molecule is CC(NCc1sccc1Br)C(=O)NCc1ccco1. The van der Waals surface area contributed by atoms with Gasteiger partial charge in [-0.1, -0.05) is 0 Å². The molecular formula is C13H15BrN2O2S. The molecule has 0 aliphatic carbocycles. The van der Waals surface area contributed by atoms with E-state index >= 15 is 0 Å². The number of carbonyl (C=O) groups excluding carboxylic acids is 1. The average molecular weight is 343 g/mol. The van der Waals surface area contributed by atoms with Crippen molar-refractivity contribution in [3.8, 4) is 0 Å². The average Bonchev–Trinajstić information content (AvgIpc) is 3.04. The fourth-order valence-corrected chi connectivity index (χ4v) is 2.97. The quantitative estimate of drug-likeness (QED) is 0.848. The summed E-state index contributed by atoms with van der Waals surface area (Å²) in [6.07, 6.45) is 1.59. The zero-order valence-electron chi connectivity index (χ0n) is 10.5. The van der Waals surface area contributed by atoms with Crippen LogP contribution in [0.5, 0.6) is 0 Å². The first-order valence-electron chi connectivity index (χ1n) is 5.92. The van der Waals surface area contributed by atoms with Crippen molar-refractivity contribution in [2.45, 2.75) is 26.1 Å². The molecule has 6 heteroatoms. The molecule has 2 heterocycles. The number of nitrogens with one attached hydrogen (secondary N) is 2. The van der Waals surface area contributed by atoms with Crippen molar-refractivity contribution in [1.29, 1.82) is 0 Å². The van der Waals surface area contributed by atoms with Gasteiger partial charge in [-0.3, -0.25) is 4.79 Å². The molecule has 1 unspecified atom stereocenters. The van der Waals surface area contributed by atoms with E-state index in [0.717, 1.165) is 10.2 Å². The van der Waals surface area contributed by atoms with Crippen LogP contribution in [0, 0.1) is 0 Å². The van der Waals surface area contributed by atoms with E-state index in [1.807, 2.05) is 24.4 Å². The van der Waals surface area contributed by atoms with Gasteiger partial charge in [0, 0.05) is 15.9 Å². The van der Waals surface area contributed by atoms with Crippen LogP contribution in [-0.2, 0) is 17.9 Å².